The number of carbonyl (C=O) groups excluding carboxylic acids is 2. The van der Waals surface area contributed by atoms with E-state index in [1.165, 1.54) is 0 Å². The molecule has 120 valence electrons. The molecule has 0 aromatic heterocycles. The maximum Gasteiger partial charge on any atom is 0.313 e. The number of halogens is 2. The highest BCUT2D eigenvalue weighted by Crippen LogP contribution is 2.38. The number of hydrogen-bond acceptors (Lipinski definition) is 2. The third-order valence-corrected chi connectivity index (χ3v) is 4.48. The SMILES string of the molecule is CC(C)N(Cc1ccc(Cl)c(Cl)c1)C(=O)C1(NC(N)=O)CC1. The summed E-state index contributed by atoms with van der Waals surface area (Å²) in [6.45, 7) is 4.25. The number of hydrogen-bond donors (Lipinski definition) is 2. The van der Waals surface area contributed by atoms with Crippen molar-refractivity contribution < 1.29 is 9.59 Å². The summed E-state index contributed by atoms with van der Waals surface area (Å²) >= 11 is 11.9. The lowest BCUT2D eigenvalue weighted by Gasteiger charge is -2.31. The fraction of sp³-hybridized carbons (Fsp3) is 0.467. The number of primary amides is 1. The zero-order chi connectivity index (χ0) is 16.5. The van der Waals surface area contributed by atoms with Crippen LogP contribution in [0.1, 0.15) is 32.3 Å². The van der Waals surface area contributed by atoms with Crippen LogP contribution in [-0.2, 0) is 11.3 Å². The van der Waals surface area contributed by atoms with Crippen LogP contribution in [-0.4, -0.2) is 28.4 Å². The second-order valence-corrected chi connectivity index (χ2v) is 6.66. The lowest BCUT2D eigenvalue weighted by molar-refractivity contribution is -0.136. The Morgan fingerprint density at radius 2 is 1.95 bits per heavy atom. The number of benzene rings is 1. The predicted molar refractivity (Wildman–Crippen MR) is 86.8 cm³/mol. The van der Waals surface area contributed by atoms with Crippen molar-refractivity contribution in [1.29, 1.82) is 0 Å². The fourth-order valence-electron chi connectivity index (χ4n) is 2.35. The second kappa shape index (κ2) is 6.34. The molecule has 1 aromatic carbocycles. The van der Waals surface area contributed by atoms with Gasteiger partial charge < -0.3 is 16.0 Å². The Hall–Kier alpha value is -1.46. The summed E-state index contributed by atoms with van der Waals surface area (Å²) in [6, 6.07) is 4.58. The number of carbonyl (C=O) groups is 2. The molecule has 0 saturated heterocycles. The largest absolute Gasteiger partial charge is 0.352 e. The zero-order valence-corrected chi connectivity index (χ0v) is 14.0. The van der Waals surface area contributed by atoms with Gasteiger partial charge in [-0.05, 0) is 44.4 Å². The summed E-state index contributed by atoms with van der Waals surface area (Å²) < 4.78 is 0. The molecule has 1 aliphatic rings. The lowest BCUT2D eigenvalue weighted by Crippen LogP contribution is -2.53. The molecule has 1 aromatic rings. The highest BCUT2D eigenvalue weighted by Gasteiger charge is 2.53. The minimum atomic E-state index is -0.841. The van der Waals surface area contributed by atoms with Crippen molar-refractivity contribution in [2.24, 2.45) is 5.73 Å². The van der Waals surface area contributed by atoms with Crippen LogP contribution in [0, 0.1) is 0 Å². The first kappa shape index (κ1) is 16.9. The summed E-state index contributed by atoms with van der Waals surface area (Å²) in [5, 5.41) is 3.50. The topological polar surface area (TPSA) is 75.4 Å². The molecule has 0 radical (unpaired) electrons. The van der Waals surface area contributed by atoms with Crippen LogP contribution >= 0.6 is 23.2 Å². The molecule has 2 rings (SSSR count). The molecule has 0 bridgehead atoms. The Labute approximate surface area is 139 Å². The van der Waals surface area contributed by atoms with Gasteiger partial charge in [0.15, 0.2) is 0 Å². The first-order chi connectivity index (χ1) is 10.2. The van der Waals surface area contributed by atoms with Crippen LogP contribution in [0.15, 0.2) is 18.2 Å². The van der Waals surface area contributed by atoms with Crippen molar-refractivity contribution >= 4 is 35.1 Å². The van der Waals surface area contributed by atoms with Gasteiger partial charge in [0.05, 0.1) is 10.0 Å². The number of nitrogens with zero attached hydrogens (tertiary/aromatic N) is 1. The molecular weight excluding hydrogens is 325 g/mol. The molecule has 0 unspecified atom stereocenters. The molecule has 7 heteroatoms. The van der Waals surface area contributed by atoms with Gasteiger partial charge >= 0.3 is 6.03 Å². The molecule has 0 aliphatic heterocycles. The molecule has 1 aliphatic carbocycles. The van der Waals surface area contributed by atoms with Crippen molar-refractivity contribution in [2.45, 2.75) is 44.8 Å². The van der Waals surface area contributed by atoms with E-state index in [1.807, 2.05) is 19.9 Å². The lowest BCUT2D eigenvalue weighted by atomic mass is 10.1. The van der Waals surface area contributed by atoms with Gasteiger partial charge in [-0.15, -0.1) is 0 Å². The maximum absolute atomic E-state index is 12.8. The van der Waals surface area contributed by atoms with E-state index in [0.29, 0.717) is 29.4 Å². The van der Waals surface area contributed by atoms with Gasteiger partial charge in [-0.3, -0.25) is 4.79 Å². The summed E-state index contributed by atoms with van der Waals surface area (Å²) in [4.78, 5) is 25.6. The van der Waals surface area contributed by atoms with Crippen molar-refractivity contribution in [1.82, 2.24) is 10.2 Å². The van der Waals surface area contributed by atoms with Crippen LogP contribution in [0.4, 0.5) is 4.79 Å². The molecule has 1 saturated carbocycles. The monoisotopic (exact) mass is 343 g/mol. The van der Waals surface area contributed by atoms with Gasteiger partial charge in [0.25, 0.3) is 0 Å². The first-order valence-corrected chi connectivity index (χ1v) is 7.83. The van der Waals surface area contributed by atoms with Gasteiger partial charge in [0.1, 0.15) is 5.54 Å². The smallest absolute Gasteiger partial charge is 0.313 e. The molecule has 0 atom stereocenters. The molecule has 0 heterocycles. The minimum Gasteiger partial charge on any atom is -0.352 e. The third kappa shape index (κ3) is 3.65. The molecule has 3 N–H and O–H groups in total. The van der Waals surface area contributed by atoms with E-state index < -0.39 is 11.6 Å². The molecule has 3 amide bonds. The van der Waals surface area contributed by atoms with Crippen molar-refractivity contribution in [3.8, 4) is 0 Å². The normalized spacial score (nSPS) is 15.5. The Morgan fingerprint density at radius 1 is 1.32 bits per heavy atom. The van der Waals surface area contributed by atoms with Crippen LogP contribution in [0.3, 0.4) is 0 Å². The predicted octanol–water partition coefficient (Wildman–Crippen LogP) is 2.93. The van der Waals surface area contributed by atoms with Crippen molar-refractivity contribution in [3.05, 3.63) is 33.8 Å². The Bertz CT molecular complexity index is 600. The van der Waals surface area contributed by atoms with Gasteiger partial charge in [-0.25, -0.2) is 4.79 Å². The minimum absolute atomic E-state index is 0.0193. The number of nitrogens with one attached hydrogen (secondary N) is 1. The van der Waals surface area contributed by atoms with Gasteiger partial charge in [0, 0.05) is 12.6 Å². The van der Waals surface area contributed by atoms with Gasteiger partial charge in [0.2, 0.25) is 5.91 Å². The van der Waals surface area contributed by atoms with Crippen LogP contribution in [0.5, 0.6) is 0 Å². The molecule has 1 fully saturated rings. The number of nitrogens with two attached hydrogens (primary N) is 1. The molecular formula is C15H19Cl2N3O2. The maximum atomic E-state index is 12.8. The summed E-state index contributed by atoms with van der Waals surface area (Å²) in [5.41, 5.74) is 5.21. The van der Waals surface area contributed by atoms with Gasteiger partial charge in [-0.2, -0.15) is 0 Å². The highest BCUT2D eigenvalue weighted by atomic mass is 35.5. The summed E-state index contributed by atoms with van der Waals surface area (Å²) in [7, 11) is 0. The molecule has 5 nitrogen and oxygen atoms in total. The van der Waals surface area contributed by atoms with E-state index in [2.05, 4.69) is 5.32 Å². The quantitative estimate of drug-likeness (QED) is 0.862. The van der Waals surface area contributed by atoms with Crippen molar-refractivity contribution in [2.75, 3.05) is 0 Å². The standard InChI is InChI=1S/C15H19Cl2N3O2/c1-9(2)20(8-10-3-4-11(16)12(17)7-10)13(21)15(5-6-15)19-14(18)22/h3-4,7,9H,5-6,8H2,1-2H3,(H3,18,19,22). The van der Waals surface area contributed by atoms with E-state index in [0.717, 1.165) is 5.56 Å². The van der Waals surface area contributed by atoms with E-state index in [-0.39, 0.29) is 11.9 Å². The Balaban J connectivity index is 2.18. The van der Waals surface area contributed by atoms with Crippen LogP contribution < -0.4 is 11.1 Å². The molecule has 0 spiro atoms. The Morgan fingerprint density at radius 3 is 2.41 bits per heavy atom. The van der Waals surface area contributed by atoms with Crippen LogP contribution in [0.25, 0.3) is 0 Å². The fourth-order valence-corrected chi connectivity index (χ4v) is 2.67. The second-order valence-electron chi connectivity index (χ2n) is 5.85. The average molecular weight is 344 g/mol. The van der Waals surface area contributed by atoms with E-state index in [4.69, 9.17) is 28.9 Å². The average Bonchev–Trinajstić information content (AvgIpc) is 3.19. The van der Waals surface area contributed by atoms with Gasteiger partial charge in [-0.1, -0.05) is 29.3 Å². The highest BCUT2D eigenvalue weighted by molar-refractivity contribution is 6.42. The zero-order valence-electron chi connectivity index (χ0n) is 12.5. The number of rotatable bonds is 5. The van der Waals surface area contributed by atoms with Crippen LogP contribution in [0.2, 0.25) is 10.0 Å². The van der Waals surface area contributed by atoms with E-state index in [9.17, 15) is 9.59 Å². The van der Waals surface area contributed by atoms with E-state index in [1.54, 1.807) is 17.0 Å². The molecule has 22 heavy (non-hydrogen) atoms. The number of urea groups is 1. The Kier molecular flexibility index (Phi) is 4.87. The number of amides is 3. The third-order valence-electron chi connectivity index (χ3n) is 3.74. The summed E-state index contributed by atoms with van der Waals surface area (Å²) in [5.74, 6) is -0.118. The summed E-state index contributed by atoms with van der Waals surface area (Å²) in [6.07, 6.45) is 1.22. The first-order valence-electron chi connectivity index (χ1n) is 7.08. The van der Waals surface area contributed by atoms with E-state index >= 15 is 0 Å². The van der Waals surface area contributed by atoms with Crippen molar-refractivity contribution in [3.63, 3.8) is 0 Å².